The minimum Gasteiger partial charge on any atom is -0.453 e. The van der Waals surface area contributed by atoms with Crippen molar-refractivity contribution >= 4 is 29.2 Å². The zero-order valence-corrected chi connectivity index (χ0v) is 13.6. The van der Waals surface area contributed by atoms with Crippen LogP contribution in [0.4, 0.5) is 0 Å². The Morgan fingerprint density at radius 2 is 1.96 bits per heavy atom. The van der Waals surface area contributed by atoms with Crippen molar-refractivity contribution in [1.82, 2.24) is 4.90 Å². The average Bonchev–Trinajstić information content (AvgIpc) is 2.84. The number of nitrogens with zero attached hydrogens (tertiary/aromatic N) is 1. The number of hydrogen-bond acceptors (Lipinski definition) is 6. The van der Waals surface area contributed by atoms with Crippen molar-refractivity contribution in [2.75, 3.05) is 13.1 Å². The first-order valence-corrected chi connectivity index (χ1v) is 8.08. The number of carbonyl (C=O) groups excluding carboxylic acids is 1. The van der Waals surface area contributed by atoms with Gasteiger partial charge in [0.15, 0.2) is 6.10 Å². The van der Waals surface area contributed by atoms with E-state index in [-0.39, 0.29) is 17.1 Å². The molecule has 8 heteroatoms. The summed E-state index contributed by atoms with van der Waals surface area (Å²) in [5.74, 6) is -0.754. The molecule has 6 nitrogen and oxygen atoms in total. The lowest BCUT2D eigenvalue weighted by atomic mass is 9.92. The van der Waals surface area contributed by atoms with Gasteiger partial charge in [-0.3, -0.25) is 4.90 Å². The zero-order chi connectivity index (χ0) is 16.7. The van der Waals surface area contributed by atoms with Crippen LogP contribution in [-0.2, 0) is 4.74 Å². The molecule has 3 N–H and O–H groups in total. The third-order valence-corrected chi connectivity index (χ3v) is 4.96. The third-order valence-electron chi connectivity index (χ3n) is 4.41. The summed E-state index contributed by atoms with van der Waals surface area (Å²) in [4.78, 5) is 14.1. The van der Waals surface area contributed by atoms with E-state index in [0.717, 1.165) is 0 Å². The topological polar surface area (TPSA) is 90.2 Å². The molecule has 126 valence electrons. The van der Waals surface area contributed by atoms with E-state index in [4.69, 9.17) is 27.9 Å². The summed E-state index contributed by atoms with van der Waals surface area (Å²) in [5, 5.41) is 31.0. The molecule has 23 heavy (non-hydrogen) atoms. The molecule has 2 saturated heterocycles. The second-order valence-electron chi connectivity index (χ2n) is 5.89. The van der Waals surface area contributed by atoms with E-state index in [1.165, 1.54) is 18.2 Å². The Labute approximate surface area is 143 Å². The van der Waals surface area contributed by atoms with E-state index < -0.39 is 36.4 Å². The summed E-state index contributed by atoms with van der Waals surface area (Å²) >= 11 is 11.8. The number of piperidine rings is 1. The molecule has 1 aromatic rings. The SMILES string of the molecule is O=C(O[C@H]1[C@H](O)[C@H]2[C@@H](O)CCN2C[C@@H]1O)c1ccc(Cl)cc1Cl. The minimum absolute atomic E-state index is 0.102. The first kappa shape index (κ1) is 17.0. The first-order chi connectivity index (χ1) is 10.9. The van der Waals surface area contributed by atoms with Crippen LogP contribution in [-0.4, -0.2) is 69.7 Å². The maximum absolute atomic E-state index is 12.3. The maximum atomic E-state index is 12.3. The number of esters is 1. The van der Waals surface area contributed by atoms with E-state index in [0.29, 0.717) is 18.0 Å². The molecule has 2 aliphatic heterocycles. The quantitative estimate of drug-likeness (QED) is 0.671. The molecule has 2 aliphatic rings. The number of halogens is 2. The molecule has 2 fully saturated rings. The van der Waals surface area contributed by atoms with E-state index in [9.17, 15) is 20.1 Å². The average molecular weight is 362 g/mol. The number of aliphatic hydroxyl groups excluding tert-OH is 3. The van der Waals surface area contributed by atoms with Crippen molar-refractivity contribution in [3.8, 4) is 0 Å². The van der Waals surface area contributed by atoms with Crippen molar-refractivity contribution < 1.29 is 24.9 Å². The van der Waals surface area contributed by atoms with Crippen LogP contribution >= 0.6 is 23.2 Å². The standard InChI is InChI=1S/C15H17Cl2NO5/c16-7-1-2-8(9(17)5-7)15(22)23-14-11(20)6-18-4-3-10(19)12(18)13(14)21/h1-2,5,10-14,19-21H,3-4,6H2/t10-,11-,12+,13+,14+/m0/s1. The van der Waals surface area contributed by atoms with Crippen molar-refractivity contribution in [1.29, 1.82) is 0 Å². The predicted octanol–water partition coefficient (Wildman–Crippen LogP) is 0.689. The van der Waals surface area contributed by atoms with Gasteiger partial charge in [-0.15, -0.1) is 0 Å². The number of carbonyl (C=O) groups is 1. The molecule has 0 spiro atoms. The lowest BCUT2D eigenvalue weighted by Crippen LogP contribution is -2.62. The summed E-state index contributed by atoms with van der Waals surface area (Å²) in [6, 6.07) is 3.79. The summed E-state index contributed by atoms with van der Waals surface area (Å²) in [6.45, 7) is 0.814. The molecule has 0 radical (unpaired) electrons. The fourth-order valence-corrected chi connectivity index (χ4v) is 3.76. The predicted molar refractivity (Wildman–Crippen MR) is 83.7 cm³/mol. The molecule has 0 bridgehead atoms. The Balaban J connectivity index is 1.77. The molecule has 0 saturated carbocycles. The number of hydrogen-bond donors (Lipinski definition) is 3. The van der Waals surface area contributed by atoms with Gasteiger partial charge in [0, 0.05) is 18.1 Å². The lowest BCUT2D eigenvalue weighted by molar-refractivity contribution is -0.144. The van der Waals surface area contributed by atoms with Crippen molar-refractivity contribution in [3.63, 3.8) is 0 Å². The van der Waals surface area contributed by atoms with Crippen LogP contribution in [0.5, 0.6) is 0 Å². The van der Waals surface area contributed by atoms with Gasteiger partial charge in [-0.25, -0.2) is 4.79 Å². The summed E-state index contributed by atoms with van der Waals surface area (Å²) in [6.07, 6.45) is -3.54. The van der Waals surface area contributed by atoms with Crippen molar-refractivity contribution in [2.24, 2.45) is 0 Å². The summed E-state index contributed by atoms with van der Waals surface area (Å²) < 4.78 is 5.27. The Morgan fingerprint density at radius 1 is 1.22 bits per heavy atom. The van der Waals surface area contributed by atoms with E-state index >= 15 is 0 Å². The van der Waals surface area contributed by atoms with Crippen LogP contribution in [0.2, 0.25) is 10.0 Å². The molecular weight excluding hydrogens is 345 g/mol. The highest BCUT2D eigenvalue weighted by atomic mass is 35.5. The fraction of sp³-hybridized carbons (Fsp3) is 0.533. The molecule has 0 amide bonds. The molecular formula is C15H17Cl2NO5. The molecule has 1 aromatic carbocycles. The van der Waals surface area contributed by atoms with Crippen LogP contribution < -0.4 is 0 Å². The smallest absolute Gasteiger partial charge is 0.340 e. The summed E-state index contributed by atoms with van der Waals surface area (Å²) in [5.41, 5.74) is 0.102. The maximum Gasteiger partial charge on any atom is 0.340 e. The Morgan fingerprint density at radius 3 is 2.65 bits per heavy atom. The number of fused-ring (bicyclic) bond motifs is 1. The second kappa shape index (κ2) is 6.55. The fourth-order valence-electron chi connectivity index (χ4n) is 3.27. The molecule has 3 rings (SSSR count). The van der Waals surface area contributed by atoms with Gasteiger partial charge in [0.1, 0.15) is 12.2 Å². The number of ether oxygens (including phenoxy) is 1. The van der Waals surface area contributed by atoms with Gasteiger partial charge in [-0.1, -0.05) is 23.2 Å². The van der Waals surface area contributed by atoms with Crippen molar-refractivity contribution in [3.05, 3.63) is 33.8 Å². The second-order valence-corrected chi connectivity index (χ2v) is 6.74. The highest BCUT2D eigenvalue weighted by Crippen LogP contribution is 2.30. The Bertz CT molecular complexity index is 614. The van der Waals surface area contributed by atoms with Gasteiger partial charge < -0.3 is 20.1 Å². The monoisotopic (exact) mass is 361 g/mol. The van der Waals surface area contributed by atoms with Gasteiger partial charge in [0.05, 0.1) is 22.7 Å². The highest BCUT2D eigenvalue weighted by Gasteiger charge is 2.50. The Hall–Kier alpha value is -0.890. The molecule has 2 heterocycles. The van der Waals surface area contributed by atoms with Crippen molar-refractivity contribution in [2.45, 2.75) is 36.9 Å². The van der Waals surface area contributed by atoms with Gasteiger partial charge in [-0.05, 0) is 24.6 Å². The van der Waals surface area contributed by atoms with Gasteiger partial charge in [0.2, 0.25) is 0 Å². The van der Waals surface area contributed by atoms with E-state index in [1.54, 1.807) is 4.90 Å². The van der Waals surface area contributed by atoms with Crippen LogP contribution in [0.1, 0.15) is 16.8 Å². The van der Waals surface area contributed by atoms with Crippen LogP contribution in [0.25, 0.3) is 0 Å². The van der Waals surface area contributed by atoms with Crippen LogP contribution in [0.15, 0.2) is 18.2 Å². The van der Waals surface area contributed by atoms with Crippen LogP contribution in [0, 0.1) is 0 Å². The number of benzene rings is 1. The molecule has 0 unspecified atom stereocenters. The normalized spacial score (nSPS) is 34.2. The number of aliphatic hydroxyl groups is 3. The largest absolute Gasteiger partial charge is 0.453 e. The van der Waals surface area contributed by atoms with E-state index in [1.807, 2.05) is 0 Å². The molecule has 0 aromatic heterocycles. The highest BCUT2D eigenvalue weighted by molar-refractivity contribution is 6.36. The third kappa shape index (κ3) is 3.20. The van der Waals surface area contributed by atoms with Crippen LogP contribution in [0.3, 0.4) is 0 Å². The van der Waals surface area contributed by atoms with E-state index in [2.05, 4.69) is 0 Å². The van der Waals surface area contributed by atoms with Gasteiger partial charge >= 0.3 is 5.97 Å². The molecule has 0 aliphatic carbocycles. The lowest BCUT2D eigenvalue weighted by Gasteiger charge is -2.42. The van der Waals surface area contributed by atoms with Gasteiger partial charge in [0.25, 0.3) is 0 Å². The zero-order valence-electron chi connectivity index (χ0n) is 12.1. The Kier molecular flexibility index (Phi) is 4.83. The van der Waals surface area contributed by atoms with Gasteiger partial charge in [-0.2, -0.15) is 0 Å². The minimum atomic E-state index is -1.17. The number of rotatable bonds is 2. The molecule has 5 atom stereocenters. The first-order valence-electron chi connectivity index (χ1n) is 7.33. The summed E-state index contributed by atoms with van der Waals surface area (Å²) in [7, 11) is 0.